The second-order valence-corrected chi connectivity index (χ2v) is 7.13. The fraction of sp³-hybridized carbons (Fsp3) is 0.833. The van der Waals surface area contributed by atoms with Crippen molar-refractivity contribution in [3.63, 3.8) is 0 Å². The van der Waals surface area contributed by atoms with E-state index in [2.05, 4.69) is 5.32 Å². The van der Waals surface area contributed by atoms with Crippen molar-refractivity contribution < 1.29 is 23.1 Å². The molecule has 0 aliphatic carbocycles. The molecule has 0 spiro atoms. The summed E-state index contributed by atoms with van der Waals surface area (Å²) >= 11 is 0. The normalized spacial score (nSPS) is 11.5. The highest BCUT2D eigenvalue weighted by molar-refractivity contribution is 7.91. The average Bonchev–Trinajstić information content (AvgIpc) is 2.24. The molecule has 0 aromatic rings. The van der Waals surface area contributed by atoms with Gasteiger partial charge in [0.15, 0.2) is 9.84 Å². The third-order valence-electron chi connectivity index (χ3n) is 2.44. The number of carboxylic acid groups (broad SMARTS) is 1. The fourth-order valence-corrected chi connectivity index (χ4v) is 2.86. The molecule has 0 aliphatic rings. The summed E-state index contributed by atoms with van der Waals surface area (Å²) in [7, 11) is -3.22. The third-order valence-corrected chi connectivity index (χ3v) is 4.17. The number of sulfone groups is 1. The van der Waals surface area contributed by atoms with Crippen molar-refractivity contribution >= 4 is 21.7 Å². The van der Waals surface area contributed by atoms with Gasteiger partial charge < -0.3 is 10.4 Å². The van der Waals surface area contributed by atoms with Gasteiger partial charge in [-0.25, -0.2) is 8.42 Å². The van der Waals surface area contributed by atoms with Crippen molar-refractivity contribution in [2.75, 3.05) is 11.5 Å². The minimum Gasteiger partial charge on any atom is -0.481 e. The van der Waals surface area contributed by atoms with Crippen LogP contribution >= 0.6 is 0 Å². The van der Waals surface area contributed by atoms with Crippen LogP contribution in [0.5, 0.6) is 0 Å². The minimum atomic E-state index is -3.22. The Kier molecular flexibility index (Phi) is 8.38. The van der Waals surface area contributed by atoms with Crippen LogP contribution in [0, 0.1) is 0 Å². The predicted molar refractivity (Wildman–Crippen MR) is 72.7 cm³/mol. The van der Waals surface area contributed by atoms with Crippen LogP contribution in [-0.2, 0) is 19.4 Å². The van der Waals surface area contributed by atoms with E-state index in [0.717, 1.165) is 0 Å². The van der Waals surface area contributed by atoms with E-state index in [1.807, 2.05) is 13.8 Å². The van der Waals surface area contributed by atoms with Crippen LogP contribution in [0.4, 0.5) is 0 Å². The van der Waals surface area contributed by atoms with Crippen molar-refractivity contribution in [2.24, 2.45) is 0 Å². The average molecular weight is 293 g/mol. The Morgan fingerprint density at radius 2 is 1.68 bits per heavy atom. The van der Waals surface area contributed by atoms with Crippen LogP contribution in [0.3, 0.4) is 0 Å². The molecule has 0 saturated carbocycles. The van der Waals surface area contributed by atoms with Gasteiger partial charge in [0.25, 0.3) is 0 Å². The van der Waals surface area contributed by atoms with E-state index in [4.69, 9.17) is 5.11 Å². The van der Waals surface area contributed by atoms with Gasteiger partial charge in [0.2, 0.25) is 5.91 Å². The molecule has 0 rings (SSSR count). The third kappa shape index (κ3) is 11.7. The molecule has 112 valence electrons. The Bertz CT molecular complexity index is 389. The number of aliphatic carboxylic acids is 1. The molecule has 0 aliphatic heterocycles. The monoisotopic (exact) mass is 293 g/mol. The maximum Gasteiger partial charge on any atom is 0.303 e. The van der Waals surface area contributed by atoms with E-state index < -0.39 is 15.8 Å². The highest BCUT2D eigenvalue weighted by Gasteiger charge is 2.13. The molecule has 1 amide bonds. The molecule has 0 heterocycles. The number of rotatable bonds is 10. The lowest BCUT2D eigenvalue weighted by Crippen LogP contribution is -2.31. The van der Waals surface area contributed by atoms with E-state index in [9.17, 15) is 18.0 Å². The van der Waals surface area contributed by atoms with Gasteiger partial charge in [-0.2, -0.15) is 0 Å². The summed E-state index contributed by atoms with van der Waals surface area (Å²) in [5.41, 5.74) is 0. The zero-order valence-corrected chi connectivity index (χ0v) is 12.3. The fourth-order valence-electron chi connectivity index (χ4n) is 1.52. The largest absolute Gasteiger partial charge is 0.481 e. The van der Waals surface area contributed by atoms with Crippen molar-refractivity contribution in [2.45, 2.75) is 52.0 Å². The first-order chi connectivity index (χ1) is 8.73. The lowest BCUT2D eigenvalue weighted by molar-refractivity contribution is -0.137. The Balaban J connectivity index is 3.80. The molecule has 0 unspecified atom stereocenters. The first kappa shape index (κ1) is 17.9. The maximum absolute atomic E-state index is 11.6. The molecule has 0 fully saturated rings. The number of carboxylic acids is 1. The summed E-state index contributed by atoms with van der Waals surface area (Å²) in [6, 6.07) is 0.00576. The summed E-state index contributed by atoms with van der Waals surface area (Å²) in [6.45, 7) is 3.63. The van der Waals surface area contributed by atoms with Crippen LogP contribution < -0.4 is 5.32 Å². The van der Waals surface area contributed by atoms with Gasteiger partial charge >= 0.3 is 5.97 Å². The number of amides is 1. The molecule has 0 aromatic carbocycles. The molecule has 0 atom stereocenters. The van der Waals surface area contributed by atoms with Gasteiger partial charge in [0.05, 0.1) is 11.5 Å². The minimum absolute atomic E-state index is 0.00576. The molecule has 0 saturated heterocycles. The first-order valence-electron chi connectivity index (χ1n) is 6.44. The van der Waals surface area contributed by atoms with E-state index in [0.29, 0.717) is 19.3 Å². The Morgan fingerprint density at radius 3 is 2.21 bits per heavy atom. The zero-order valence-electron chi connectivity index (χ0n) is 11.5. The summed E-state index contributed by atoms with van der Waals surface area (Å²) in [4.78, 5) is 21.6. The molecular formula is C12H23NO5S. The van der Waals surface area contributed by atoms with E-state index in [1.165, 1.54) is 0 Å². The van der Waals surface area contributed by atoms with Crippen LogP contribution in [0.2, 0.25) is 0 Å². The van der Waals surface area contributed by atoms with Crippen molar-refractivity contribution in [1.82, 2.24) is 5.32 Å². The highest BCUT2D eigenvalue weighted by Crippen LogP contribution is 2.04. The lowest BCUT2D eigenvalue weighted by Gasteiger charge is -2.08. The van der Waals surface area contributed by atoms with Crippen molar-refractivity contribution in [1.29, 1.82) is 0 Å². The SMILES string of the molecule is CC(C)NC(=O)CCS(=O)(=O)CCCCCC(=O)O. The number of carbonyl (C=O) groups is 2. The van der Waals surface area contributed by atoms with E-state index >= 15 is 0 Å². The number of hydrogen-bond donors (Lipinski definition) is 2. The standard InChI is InChI=1S/C12H23NO5S/c1-10(2)13-11(14)7-9-19(17,18)8-5-3-4-6-12(15)16/h10H,3-9H2,1-2H3,(H,13,14)(H,15,16). The van der Waals surface area contributed by atoms with E-state index in [1.54, 1.807) is 0 Å². The Morgan fingerprint density at radius 1 is 1.05 bits per heavy atom. The molecule has 19 heavy (non-hydrogen) atoms. The zero-order chi connectivity index (χ0) is 14.9. The Labute approximate surface area is 114 Å². The topological polar surface area (TPSA) is 101 Å². The number of hydrogen-bond acceptors (Lipinski definition) is 4. The second kappa shape index (κ2) is 8.90. The van der Waals surface area contributed by atoms with Crippen LogP contribution in [0.1, 0.15) is 46.0 Å². The number of carbonyl (C=O) groups excluding carboxylic acids is 1. The maximum atomic E-state index is 11.6. The molecule has 2 N–H and O–H groups in total. The van der Waals surface area contributed by atoms with Gasteiger partial charge in [-0.1, -0.05) is 6.42 Å². The van der Waals surface area contributed by atoms with Gasteiger partial charge in [0, 0.05) is 18.9 Å². The molecule has 0 bridgehead atoms. The van der Waals surface area contributed by atoms with E-state index in [-0.39, 0.29) is 36.3 Å². The highest BCUT2D eigenvalue weighted by atomic mass is 32.2. The van der Waals surface area contributed by atoms with Crippen molar-refractivity contribution in [3.8, 4) is 0 Å². The quantitative estimate of drug-likeness (QED) is 0.584. The van der Waals surface area contributed by atoms with Gasteiger partial charge in [0.1, 0.15) is 0 Å². The summed E-state index contributed by atoms with van der Waals surface area (Å²) in [6.07, 6.45) is 1.55. The molecule has 7 heteroatoms. The smallest absolute Gasteiger partial charge is 0.303 e. The van der Waals surface area contributed by atoms with Gasteiger partial charge in [-0.05, 0) is 26.7 Å². The van der Waals surface area contributed by atoms with Crippen LogP contribution in [-0.4, -0.2) is 42.9 Å². The number of unbranched alkanes of at least 4 members (excludes halogenated alkanes) is 2. The second-order valence-electron chi connectivity index (χ2n) is 4.83. The van der Waals surface area contributed by atoms with Crippen LogP contribution in [0.25, 0.3) is 0 Å². The summed E-state index contributed by atoms with van der Waals surface area (Å²) in [5.74, 6) is -1.26. The molecular weight excluding hydrogens is 270 g/mol. The molecule has 0 radical (unpaired) electrons. The van der Waals surface area contributed by atoms with Crippen molar-refractivity contribution in [3.05, 3.63) is 0 Å². The predicted octanol–water partition coefficient (Wildman–Crippen LogP) is 0.961. The first-order valence-corrected chi connectivity index (χ1v) is 8.26. The molecule has 0 aromatic heterocycles. The van der Waals surface area contributed by atoms with Gasteiger partial charge in [-0.3, -0.25) is 9.59 Å². The molecule has 6 nitrogen and oxygen atoms in total. The summed E-state index contributed by atoms with van der Waals surface area (Å²) in [5, 5.41) is 11.1. The van der Waals surface area contributed by atoms with Crippen LogP contribution in [0.15, 0.2) is 0 Å². The van der Waals surface area contributed by atoms with Gasteiger partial charge in [-0.15, -0.1) is 0 Å². The number of nitrogens with one attached hydrogen (secondary N) is 1. The Hall–Kier alpha value is -1.11. The summed E-state index contributed by atoms with van der Waals surface area (Å²) < 4.78 is 23.2. The lowest BCUT2D eigenvalue weighted by atomic mass is 10.2.